The first kappa shape index (κ1) is 15.7. The third kappa shape index (κ3) is 3.58. The highest BCUT2D eigenvalue weighted by Crippen LogP contribution is 2.45. The fourth-order valence-electron chi connectivity index (χ4n) is 4.11. The Balaban J connectivity index is 1.53. The van der Waals surface area contributed by atoms with Gasteiger partial charge < -0.3 is 9.84 Å². The molecule has 2 unspecified atom stereocenters. The first-order chi connectivity index (χ1) is 10.5. The van der Waals surface area contributed by atoms with Gasteiger partial charge >= 0.3 is 6.61 Å². The quantitative estimate of drug-likeness (QED) is 0.906. The molecule has 5 heteroatoms. The predicted molar refractivity (Wildman–Crippen MR) is 79.8 cm³/mol. The van der Waals surface area contributed by atoms with Crippen molar-refractivity contribution >= 4 is 0 Å². The molecule has 22 heavy (non-hydrogen) atoms. The van der Waals surface area contributed by atoms with Crippen LogP contribution in [0.2, 0.25) is 0 Å². The third-order valence-corrected chi connectivity index (χ3v) is 5.17. The lowest BCUT2D eigenvalue weighted by Crippen LogP contribution is -2.29. The summed E-state index contributed by atoms with van der Waals surface area (Å²) in [6.07, 6.45) is 4.13. The van der Waals surface area contributed by atoms with Gasteiger partial charge in [0.05, 0.1) is 6.10 Å². The maximum Gasteiger partial charge on any atom is 0.387 e. The van der Waals surface area contributed by atoms with Crippen LogP contribution >= 0.6 is 0 Å². The van der Waals surface area contributed by atoms with Crippen LogP contribution in [0, 0.1) is 11.8 Å². The highest BCUT2D eigenvalue weighted by molar-refractivity contribution is 5.27. The molecule has 2 aliphatic rings. The molecule has 4 atom stereocenters. The van der Waals surface area contributed by atoms with Crippen LogP contribution in [0.15, 0.2) is 24.3 Å². The molecule has 0 aliphatic heterocycles. The number of alkyl halides is 2. The van der Waals surface area contributed by atoms with Gasteiger partial charge in [-0.15, -0.1) is 0 Å². The summed E-state index contributed by atoms with van der Waals surface area (Å²) in [5.74, 6) is 1.54. The minimum Gasteiger partial charge on any atom is -0.435 e. The van der Waals surface area contributed by atoms with Crippen molar-refractivity contribution in [1.29, 1.82) is 0 Å². The van der Waals surface area contributed by atoms with Gasteiger partial charge in [0.25, 0.3) is 0 Å². The molecular formula is C17H23F2NO2. The van der Waals surface area contributed by atoms with Crippen LogP contribution in [0.1, 0.15) is 31.2 Å². The Kier molecular flexibility index (Phi) is 4.64. The van der Waals surface area contributed by atoms with Gasteiger partial charge in [-0.05, 0) is 62.3 Å². The molecule has 1 N–H and O–H groups in total. The van der Waals surface area contributed by atoms with E-state index >= 15 is 0 Å². The molecular weight excluding hydrogens is 288 g/mol. The van der Waals surface area contributed by atoms with E-state index in [1.807, 2.05) is 12.1 Å². The fraction of sp³-hybridized carbons (Fsp3) is 0.647. The summed E-state index contributed by atoms with van der Waals surface area (Å²) in [6.45, 7) is -1.97. The molecule has 0 bridgehead atoms. The molecule has 3 rings (SSSR count). The van der Waals surface area contributed by atoms with E-state index < -0.39 is 6.61 Å². The van der Waals surface area contributed by atoms with Gasteiger partial charge in [-0.2, -0.15) is 8.78 Å². The lowest BCUT2D eigenvalue weighted by atomic mass is 10.0. The standard InChI is InChI=1S/C17H23F2NO2/c1-20(14-6-12-8-15(21)9-13(12)7-14)10-11-2-4-16(5-3-11)22-17(18)19/h2-5,12-15,17,21H,6-10H2,1H3/t12-,13+,14?,15?. The van der Waals surface area contributed by atoms with E-state index in [0.717, 1.165) is 37.8 Å². The zero-order valence-electron chi connectivity index (χ0n) is 12.8. The predicted octanol–water partition coefficient (Wildman–Crippen LogP) is 3.27. The second-order valence-corrected chi connectivity index (χ2v) is 6.71. The number of hydrogen-bond donors (Lipinski definition) is 1. The van der Waals surface area contributed by atoms with E-state index in [-0.39, 0.29) is 11.9 Å². The Bertz CT molecular complexity index is 480. The van der Waals surface area contributed by atoms with Crippen LogP contribution in [0.5, 0.6) is 5.75 Å². The van der Waals surface area contributed by atoms with Crippen molar-refractivity contribution in [3.8, 4) is 5.75 Å². The number of hydrogen-bond acceptors (Lipinski definition) is 3. The molecule has 0 heterocycles. The van der Waals surface area contributed by atoms with E-state index in [4.69, 9.17) is 0 Å². The maximum absolute atomic E-state index is 12.1. The third-order valence-electron chi connectivity index (χ3n) is 5.17. The van der Waals surface area contributed by atoms with Crippen molar-refractivity contribution in [3.63, 3.8) is 0 Å². The van der Waals surface area contributed by atoms with E-state index in [1.54, 1.807) is 12.1 Å². The zero-order valence-corrected chi connectivity index (χ0v) is 12.8. The number of ether oxygens (including phenoxy) is 1. The normalized spacial score (nSPS) is 31.0. The number of rotatable bonds is 5. The Hall–Kier alpha value is -1.20. The molecule has 122 valence electrons. The summed E-state index contributed by atoms with van der Waals surface area (Å²) in [5, 5.41) is 9.70. The zero-order chi connectivity index (χ0) is 15.7. The van der Waals surface area contributed by atoms with Gasteiger partial charge in [0.1, 0.15) is 5.75 Å². The Labute approximate surface area is 129 Å². The summed E-state index contributed by atoms with van der Waals surface area (Å²) in [7, 11) is 2.12. The summed E-state index contributed by atoms with van der Waals surface area (Å²) in [6, 6.07) is 7.42. The Morgan fingerprint density at radius 1 is 1.14 bits per heavy atom. The van der Waals surface area contributed by atoms with Gasteiger partial charge in [-0.25, -0.2) is 0 Å². The van der Waals surface area contributed by atoms with Crippen molar-refractivity contribution in [1.82, 2.24) is 4.90 Å². The van der Waals surface area contributed by atoms with Crippen molar-refractivity contribution in [2.45, 2.75) is 51.0 Å². The lowest BCUT2D eigenvalue weighted by Gasteiger charge is -2.25. The molecule has 2 fully saturated rings. The highest BCUT2D eigenvalue weighted by atomic mass is 19.3. The van der Waals surface area contributed by atoms with Gasteiger partial charge in [-0.1, -0.05) is 12.1 Å². The minimum absolute atomic E-state index is 0.0939. The number of aliphatic hydroxyl groups is 1. The smallest absolute Gasteiger partial charge is 0.387 e. The number of halogens is 2. The van der Waals surface area contributed by atoms with Gasteiger partial charge in [0.15, 0.2) is 0 Å². The lowest BCUT2D eigenvalue weighted by molar-refractivity contribution is -0.0498. The van der Waals surface area contributed by atoms with Gasteiger partial charge in [0, 0.05) is 12.6 Å². The van der Waals surface area contributed by atoms with Gasteiger partial charge in [-0.3, -0.25) is 4.90 Å². The van der Waals surface area contributed by atoms with E-state index in [1.165, 1.54) is 0 Å². The highest BCUT2D eigenvalue weighted by Gasteiger charge is 2.42. The second-order valence-electron chi connectivity index (χ2n) is 6.71. The number of aliphatic hydroxyl groups excluding tert-OH is 1. The molecule has 0 amide bonds. The molecule has 1 aromatic carbocycles. The van der Waals surface area contributed by atoms with Crippen LogP contribution in [0.4, 0.5) is 8.78 Å². The molecule has 0 spiro atoms. The Morgan fingerprint density at radius 2 is 1.73 bits per heavy atom. The molecule has 0 radical (unpaired) electrons. The maximum atomic E-state index is 12.1. The number of nitrogens with zero attached hydrogens (tertiary/aromatic N) is 1. The SMILES string of the molecule is CN(Cc1ccc(OC(F)F)cc1)C1C[C@H]2CC(O)C[C@H]2C1. The van der Waals surface area contributed by atoms with Crippen molar-refractivity contribution in [2.24, 2.45) is 11.8 Å². The molecule has 3 nitrogen and oxygen atoms in total. The summed E-state index contributed by atoms with van der Waals surface area (Å²) >= 11 is 0. The molecule has 2 aliphatic carbocycles. The second kappa shape index (κ2) is 6.50. The summed E-state index contributed by atoms with van der Waals surface area (Å²) in [4.78, 5) is 2.34. The largest absolute Gasteiger partial charge is 0.435 e. The first-order valence-corrected chi connectivity index (χ1v) is 7.93. The first-order valence-electron chi connectivity index (χ1n) is 7.93. The van der Waals surface area contributed by atoms with E-state index in [0.29, 0.717) is 17.9 Å². The van der Waals surface area contributed by atoms with Crippen LogP contribution < -0.4 is 4.74 Å². The van der Waals surface area contributed by atoms with Gasteiger partial charge in [0.2, 0.25) is 0 Å². The minimum atomic E-state index is -2.78. The average molecular weight is 311 g/mol. The molecule has 0 saturated heterocycles. The topological polar surface area (TPSA) is 32.7 Å². The van der Waals surface area contributed by atoms with Crippen LogP contribution in [0.3, 0.4) is 0 Å². The van der Waals surface area contributed by atoms with E-state index in [2.05, 4.69) is 16.7 Å². The molecule has 2 saturated carbocycles. The number of benzene rings is 1. The van der Waals surface area contributed by atoms with Crippen molar-refractivity contribution in [2.75, 3.05) is 7.05 Å². The summed E-state index contributed by atoms with van der Waals surface area (Å²) < 4.78 is 28.6. The van der Waals surface area contributed by atoms with Crippen LogP contribution in [-0.4, -0.2) is 35.8 Å². The molecule has 0 aromatic heterocycles. The molecule has 1 aromatic rings. The fourth-order valence-corrected chi connectivity index (χ4v) is 4.11. The number of fused-ring (bicyclic) bond motifs is 1. The van der Waals surface area contributed by atoms with Crippen molar-refractivity contribution < 1.29 is 18.6 Å². The summed E-state index contributed by atoms with van der Waals surface area (Å²) in [5.41, 5.74) is 1.10. The average Bonchev–Trinajstić information content (AvgIpc) is 2.97. The van der Waals surface area contributed by atoms with Crippen LogP contribution in [0.25, 0.3) is 0 Å². The van der Waals surface area contributed by atoms with Crippen LogP contribution in [-0.2, 0) is 6.54 Å². The Morgan fingerprint density at radius 3 is 2.27 bits per heavy atom. The monoisotopic (exact) mass is 311 g/mol. The van der Waals surface area contributed by atoms with E-state index in [9.17, 15) is 13.9 Å². The van der Waals surface area contributed by atoms with Crippen molar-refractivity contribution in [3.05, 3.63) is 29.8 Å².